The van der Waals surface area contributed by atoms with Crippen molar-refractivity contribution in [2.75, 3.05) is 24.4 Å². The molecule has 0 aromatic heterocycles. The number of benzene rings is 3. The Morgan fingerprint density at radius 3 is 2.27 bits per heavy atom. The summed E-state index contributed by atoms with van der Waals surface area (Å²) in [6, 6.07) is 23.0. The number of β-amino-alcohol motifs (C(OH)–C–C–N with tert-alkyl or cyclic N) is 1. The predicted molar refractivity (Wildman–Crippen MR) is 139 cm³/mol. The van der Waals surface area contributed by atoms with E-state index in [0.29, 0.717) is 25.2 Å². The highest BCUT2D eigenvalue weighted by molar-refractivity contribution is 7.92. The highest BCUT2D eigenvalue weighted by atomic mass is 32.2. The molecule has 2 aliphatic rings. The number of ether oxygens (including phenoxy) is 2. The summed E-state index contributed by atoms with van der Waals surface area (Å²) in [6.45, 7) is 2.14. The van der Waals surface area contributed by atoms with Crippen LogP contribution in [-0.2, 0) is 26.1 Å². The second-order valence-corrected chi connectivity index (χ2v) is 11.3. The largest absolute Gasteiger partial charge is 0.392 e. The van der Waals surface area contributed by atoms with Gasteiger partial charge in [0, 0.05) is 37.3 Å². The molecule has 5 rings (SSSR count). The van der Waals surface area contributed by atoms with Crippen LogP contribution >= 0.6 is 0 Å². The highest BCUT2D eigenvalue weighted by Crippen LogP contribution is 2.38. The zero-order chi connectivity index (χ0) is 25.8. The van der Waals surface area contributed by atoms with Crippen LogP contribution in [0.15, 0.2) is 83.8 Å². The Morgan fingerprint density at radius 2 is 1.62 bits per heavy atom. The van der Waals surface area contributed by atoms with E-state index >= 15 is 0 Å². The van der Waals surface area contributed by atoms with Crippen LogP contribution in [0.4, 0.5) is 5.69 Å². The number of nitrogens with zero attached hydrogens (tertiary/aromatic N) is 1. The Bertz CT molecular complexity index is 1270. The number of anilines is 1. The smallest absolute Gasteiger partial charge is 0.261 e. The van der Waals surface area contributed by atoms with E-state index < -0.39 is 16.3 Å². The zero-order valence-electron chi connectivity index (χ0n) is 20.4. The van der Waals surface area contributed by atoms with E-state index in [-0.39, 0.29) is 29.8 Å². The van der Waals surface area contributed by atoms with E-state index in [2.05, 4.69) is 9.62 Å². The zero-order valence-corrected chi connectivity index (χ0v) is 21.3. The van der Waals surface area contributed by atoms with Gasteiger partial charge in [0.2, 0.25) is 0 Å². The highest BCUT2D eigenvalue weighted by Gasteiger charge is 2.34. The van der Waals surface area contributed by atoms with E-state index in [1.165, 1.54) is 0 Å². The molecule has 4 atom stereocenters. The summed E-state index contributed by atoms with van der Waals surface area (Å²) >= 11 is 0. The van der Waals surface area contributed by atoms with E-state index in [4.69, 9.17) is 9.47 Å². The van der Waals surface area contributed by atoms with Gasteiger partial charge >= 0.3 is 0 Å². The van der Waals surface area contributed by atoms with Gasteiger partial charge in [0.15, 0.2) is 6.29 Å². The average molecular weight is 525 g/mol. The van der Waals surface area contributed by atoms with Gasteiger partial charge in [-0.05, 0) is 41.8 Å². The molecule has 2 fully saturated rings. The van der Waals surface area contributed by atoms with Gasteiger partial charge < -0.3 is 19.7 Å². The van der Waals surface area contributed by atoms with Crippen molar-refractivity contribution in [3.05, 3.63) is 95.6 Å². The minimum Gasteiger partial charge on any atom is -0.392 e. The molecule has 3 aromatic rings. The third-order valence-electron chi connectivity index (χ3n) is 6.81. The van der Waals surface area contributed by atoms with Crippen molar-refractivity contribution >= 4 is 15.7 Å². The summed E-state index contributed by atoms with van der Waals surface area (Å²) in [4.78, 5) is 2.41. The molecule has 0 amide bonds. The molecule has 2 aliphatic heterocycles. The molecular weight excluding hydrogens is 492 g/mol. The molecule has 0 saturated carbocycles. The molecule has 0 spiro atoms. The molecule has 196 valence electrons. The predicted octanol–water partition coefficient (Wildman–Crippen LogP) is 3.59. The first kappa shape index (κ1) is 25.8. The number of rotatable bonds is 8. The number of hydrogen-bond acceptors (Lipinski definition) is 7. The lowest BCUT2D eigenvalue weighted by atomic mass is 10.00. The summed E-state index contributed by atoms with van der Waals surface area (Å²) in [5, 5.41) is 19.3. The molecule has 0 bridgehead atoms. The molecule has 0 aliphatic carbocycles. The maximum Gasteiger partial charge on any atom is 0.261 e. The molecule has 0 radical (unpaired) electrons. The molecule has 3 N–H and O–H groups in total. The summed E-state index contributed by atoms with van der Waals surface area (Å²) in [7, 11) is -3.68. The van der Waals surface area contributed by atoms with E-state index in [0.717, 1.165) is 29.7 Å². The fourth-order valence-corrected chi connectivity index (χ4v) is 5.90. The fraction of sp³-hybridized carbons (Fsp3) is 0.357. The van der Waals surface area contributed by atoms with Crippen LogP contribution in [0.25, 0.3) is 0 Å². The summed E-state index contributed by atoms with van der Waals surface area (Å²) < 4.78 is 40.7. The number of likely N-dealkylation sites (tertiary alicyclic amines) is 1. The van der Waals surface area contributed by atoms with E-state index in [9.17, 15) is 18.6 Å². The minimum atomic E-state index is -3.68. The molecule has 2 heterocycles. The Hall–Kier alpha value is -2.79. The normalized spacial score (nSPS) is 24.7. The first-order valence-electron chi connectivity index (χ1n) is 12.5. The SMILES string of the molecule is O=S(=O)(Nc1ccc([C@@H]2O[C@H](CN3CC[C@H](O)C3)C[C@H](c3ccc(CO)cc3)O2)cc1)c1ccccc1. The Kier molecular flexibility index (Phi) is 7.89. The molecule has 9 heteroatoms. The van der Waals surface area contributed by atoms with Gasteiger partial charge in [-0.1, -0.05) is 54.6 Å². The molecule has 3 aromatic carbocycles. The maximum atomic E-state index is 12.7. The molecule has 0 unspecified atom stereocenters. The van der Waals surface area contributed by atoms with Crippen LogP contribution in [0, 0.1) is 0 Å². The van der Waals surface area contributed by atoms with Crippen molar-refractivity contribution in [3.8, 4) is 0 Å². The summed E-state index contributed by atoms with van der Waals surface area (Å²) in [6.07, 6.45) is 0.177. The molecule has 2 saturated heterocycles. The van der Waals surface area contributed by atoms with Gasteiger partial charge in [0.25, 0.3) is 10.0 Å². The first-order chi connectivity index (χ1) is 17.9. The molecule has 37 heavy (non-hydrogen) atoms. The first-order valence-corrected chi connectivity index (χ1v) is 14.0. The van der Waals surface area contributed by atoms with Gasteiger partial charge in [-0.2, -0.15) is 0 Å². The Labute approximate surface area is 217 Å². The third-order valence-corrected chi connectivity index (χ3v) is 8.21. The standard InChI is InChI=1S/C28H32N2O6S/c31-19-20-6-8-21(9-7-20)27-16-25(18-30-15-14-24(32)17-30)35-28(36-27)22-10-12-23(13-11-22)29-37(33,34)26-4-2-1-3-5-26/h1-13,24-25,27-29,31-32H,14-19H2/t24-,25-,27+,28+/m0/s1. The van der Waals surface area contributed by atoms with Crippen molar-refractivity contribution in [1.29, 1.82) is 0 Å². The lowest BCUT2D eigenvalue weighted by molar-refractivity contribution is -0.252. The second-order valence-electron chi connectivity index (χ2n) is 9.59. The lowest BCUT2D eigenvalue weighted by Crippen LogP contribution is -2.38. The van der Waals surface area contributed by atoms with E-state index in [1.54, 1.807) is 54.6 Å². The minimum absolute atomic E-state index is 0.0160. The second kappa shape index (κ2) is 11.3. The Morgan fingerprint density at radius 1 is 0.919 bits per heavy atom. The monoisotopic (exact) mass is 524 g/mol. The molecular formula is C28H32N2O6S. The lowest BCUT2D eigenvalue weighted by Gasteiger charge is -2.37. The van der Waals surface area contributed by atoms with Crippen LogP contribution in [0.3, 0.4) is 0 Å². The average Bonchev–Trinajstić information content (AvgIpc) is 3.33. The van der Waals surface area contributed by atoms with Gasteiger partial charge in [0.05, 0.1) is 29.8 Å². The van der Waals surface area contributed by atoms with Gasteiger partial charge in [-0.25, -0.2) is 8.42 Å². The maximum absolute atomic E-state index is 12.7. The van der Waals surface area contributed by atoms with Gasteiger partial charge in [-0.3, -0.25) is 9.62 Å². The quantitative estimate of drug-likeness (QED) is 0.413. The number of nitrogens with one attached hydrogen (secondary N) is 1. The molecule has 8 nitrogen and oxygen atoms in total. The van der Waals surface area contributed by atoms with Crippen LogP contribution in [-0.4, -0.2) is 55.4 Å². The van der Waals surface area contributed by atoms with Crippen molar-refractivity contribution in [2.45, 2.75) is 48.9 Å². The van der Waals surface area contributed by atoms with Gasteiger partial charge in [0.1, 0.15) is 0 Å². The van der Waals surface area contributed by atoms with Crippen LogP contribution in [0.2, 0.25) is 0 Å². The number of hydrogen-bond donors (Lipinski definition) is 3. The van der Waals surface area contributed by atoms with Crippen LogP contribution in [0.1, 0.15) is 41.9 Å². The van der Waals surface area contributed by atoms with Crippen molar-refractivity contribution in [2.24, 2.45) is 0 Å². The van der Waals surface area contributed by atoms with Gasteiger partial charge in [-0.15, -0.1) is 0 Å². The Balaban J connectivity index is 1.33. The fourth-order valence-electron chi connectivity index (χ4n) is 4.82. The number of sulfonamides is 1. The van der Waals surface area contributed by atoms with Crippen molar-refractivity contribution in [3.63, 3.8) is 0 Å². The van der Waals surface area contributed by atoms with Crippen molar-refractivity contribution in [1.82, 2.24) is 4.90 Å². The topological polar surface area (TPSA) is 108 Å². The van der Waals surface area contributed by atoms with Crippen LogP contribution < -0.4 is 4.72 Å². The van der Waals surface area contributed by atoms with Crippen LogP contribution in [0.5, 0.6) is 0 Å². The van der Waals surface area contributed by atoms with E-state index in [1.807, 2.05) is 24.3 Å². The number of aliphatic hydroxyl groups is 2. The van der Waals surface area contributed by atoms with Crippen molar-refractivity contribution < 1.29 is 28.1 Å². The number of aliphatic hydroxyl groups excluding tert-OH is 2. The summed E-state index contributed by atoms with van der Waals surface area (Å²) in [5.74, 6) is 0. The third kappa shape index (κ3) is 6.38. The summed E-state index contributed by atoms with van der Waals surface area (Å²) in [5.41, 5.74) is 3.07.